The Hall–Kier alpha value is -1.81. The third kappa shape index (κ3) is 37.7. The third-order valence-electron chi connectivity index (χ3n) is 10.6. The van der Waals surface area contributed by atoms with Crippen LogP contribution in [0, 0.1) is 0 Å². The predicted molar refractivity (Wildman–Crippen MR) is 242 cm³/mol. The Bertz CT molecular complexity index is 1170. The molecule has 0 aromatic carbocycles. The molecule has 59 heavy (non-hydrogen) atoms. The Morgan fingerprint density at radius 2 is 1.14 bits per heavy atom. The molecule has 1 rings (SSSR count). The summed E-state index contributed by atoms with van der Waals surface area (Å²) in [5.74, 6) is -0.823. The van der Waals surface area contributed by atoms with Crippen molar-refractivity contribution in [3.05, 3.63) is 36.5 Å². The van der Waals surface area contributed by atoms with Gasteiger partial charge in [0, 0.05) is 12.8 Å². The Morgan fingerprint density at radius 1 is 0.627 bits per heavy atom. The molecule has 1 saturated heterocycles. The quantitative estimate of drug-likeness (QED) is 0.0160. The third-order valence-corrected chi connectivity index (χ3v) is 11.6. The number of unbranched alkanes of at least 4 members (excludes halogenated alkanes) is 19. The van der Waals surface area contributed by atoms with Crippen LogP contribution < -0.4 is 0 Å². The lowest BCUT2D eigenvalue weighted by atomic mass is 10.1. The van der Waals surface area contributed by atoms with E-state index in [1.165, 1.54) is 96.3 Å². The molecule has 1 aliphatic rings. The highest BCUT2D eigenvalue weighted by Crippen LogP contribution is 2.43. The molecule has 0 spiro atoms. The normalized spacial score (nSPS) is 17.3. The second-order valence-corrected chi connectivity index (χ2v) is 19.0. The predicted octanol–water partition coefficient (Wildman–Crippen LogP) is 12.7. The van der Waals surface area contributed by atoms with Gasteiger partial charge in [0.1, 0.15) is 19.8 Å². The van der Waals surface area contributed by atoms with Crippen LogP contribution in [0.3, 0.4) is 0 Å². The van der Waals surface area contributed by atoms with Gasteiger partial charge in [0.15, 0.2) is 6.10 Å². The van der Waals surface area contributed by atoms with Crippen LogP contribution in [0.2, 0.25) is 0 Å². The highest BCUT2D eigenvalue weighted by molar-refractivity contribution is 7.47. The highest BCUT2D eigenvalue weighted by atomic mass is 31.2. The van der Waals surface area contributed by atoms with Gasteiger partial charge in [0.25, 0.3) is 0 Å². The number of quaternary nitrogens is 1. The lowest BCUT2D eigenvalue weighted by molar-refractivity contribution is -0.870. The first-order valence-electron chi connectivity index (χ1n) is 23.8. The SMILES string of the molecule is CCCCC/C=C\C/C=C\CCCCCCCCCCCC(=O)OC[C@H](COP(=O)(O)OCC[N+](C)(C)C)OC(=O)CCCCCCC/C=C\CC1OC1CCCCC. The van der Waals surface area contributed by atoms with Gasteiger partial charge in [-0.15, -0.1) is 0 Å². The topological polar surface area (TPSA) is 121 Å². The number of phosphoric acid groups is 1. The Labute approximate surface area is 361 Å². The first-order chi connectivity index (χ1) is 28.5. The van der Waals surface area contributed by atoms with Gasteiger partial charge in [-0.05, 0) is 70.6 Å². The standard InChI is InChI=1S/C48H88NO9P/c1-6-8-10-11-12-13-14-15-16-17-18-19-20-21-22-23-27-30-34-38-47(50)54-42-44(43-56-59(52,53)55-41-40-49(3,4)5)57-48(51)39-35-31-28-25-24-26-29-33-37-46-45(58-46)36-32-9-7-2/h12-13,15-16,29,33,44-46H,6-11,14,17-28,30-32,34-43H2,1-5H3/p+1/b13-12-,16-15-,33-29-/t44-,45?,46?/m1/s1. The number of carbonyl (C=O) groups is 2. The Kier molecular flexibility index (Phi) is 34.4. The molecule has 1 N–H and O–H groups in total. The van der Waals surface area contributed by atoms with Gasteiger partial charge < -0.3 is 23.6 Å². The van der Waals surface area contributed by atoms with Crippen molar-refractivity contribution in [3.63, 3.8) is 0 Å². The second-order valence-electron chi connectivity index (χ2n) is 17.5. The maximum Gasteiger partial charge on any atom is 0.472 e. The highest BCUT2D eigenvalue weighted by Gasteiger charge is 2.36. The van der Waals surface area contributed by atoms with Crippen molar-refractivity contribution in [2.24, 2.45) is 0 Å². The van der Waals surface area contributed by atoms with Crippen LogP contribution in [0.4, 0.5) is 0 Å². The van der Waals surface area contributed by atoms with Gasteiger partial charge in [-0.3, -0.25) is 18.6 Å². The number of hydrogen-bond donors (Lipinski definition) is 1. The summed E-state index contributed by atoms with van der Waals surface area (Å²) in [5, 5.41) is 0. The molecule has 0 amide bonds. The first kappa shape index (κ1) is 55.2. The molecule has 1 fully saturated rings. The van der Waals surface area contributed by atoms with Crippen LogP contribution in [-0.2, 0) is 37.4 Å². The van der Waals surface area contributed by atoms with Crippen molar-refractivity contribution in [1.29, 1.82) is 0 Å². The number of allylic oxidation sites excluding steroid dienone is 5. The zero-order valence-electron chi connectivity index (χ0n) is 38.4. The van der Waals surface area contributed by atoms with Crippen LogP contribution in [0.5, 0.6) is 0 Å². The molecule has 4 atom stereocenters. The number of nitrogens with zero attached hydrogens (tertiary/aromatic N) is 1. The molecule has 1 aliphatic heterocycles. The van der Waals surface area contributed by atoms with Gasteiger partial charge in [-0.1, -0.05) is 147 Å². The van der Waals surface area contributed by atoms with Crippen molar-refractivity contribution in [2.45, 2.75) is 212 Å². The molecule has 0 saturated carbocycles. The smallest absolute Gasteiger partial charge is 0.462 e. The van der Waals surface area contributed by atoms with Crippen LogP contribution in [-0.4, -0.2) is 87.1 Å². The molecule has 0 aromatic heterocycles. The van der Waals surface area contributed by atoms with Crippen LogP contribution in [0.25, 0.3) is 0 Å². The summed E-state index contributed by atoms with van der Waals surface area (Å²) < 4.78 is 40.1. The second kappa shape index (κ2) is 36.8. The number of esters is 2. The summed E-state index contributed by atoms with van der Waals surface area (Å²) >= 11 is 0. The first-order valence-corrected chi connectivity index (χ1v) is 25.3. The summed E-state index contributed by atoms with van der Waals surface area (Å²) in [6, 6.07) is 0. The van der Waals surface area contributed by atoms with Crippen molar-refractivity contribution in [1.82, 2.24) is 0 Å². The van der Waals surface area contributed by atoms with Gasteiger partial charge >= 0.3 is 19.8 Å². The van der Waals surface area contributed by atoms with Crippen LogP contribution in [0.15, 0.2) is 36.5 Å². The molecule has 3 unspecified atom stereocenters. The summed E-state index contributed by atoms with van der Waals surface area (Å²) in [6.07, 6.45) is 43.6. The molecule has 0 aromatic rings. The number of phosphoric ester groups is 1. The van der Waals surface area contributed by atoms with E-state index in [2.05, 4.69) is 50.3 Å². The summed E-state index contributed by atoms with van der Waals surface area (Å²) in [7, 11) is 1.46. The van der Waals surface area contributed by atoms with Crippen LogP contribution in [0.1, 0.15) is 194 Å². The zero-order valence-corrected chi connectivity index (χ0v) is 39.3. The van der Waals surface area contributed by atoms with Crippen molar-refractivity contribution >= 4 is 19.8 Å². The van der Waals surface area contributed by atoms with E-state index in [1.54, 1.807) is 0 Å². The molecule has 11 heteroatoms. The van der Waals surface area contributed by atoms with Crippen molar-refractivity contribution in [2.75, 3.05) is 47.5 Å². The molecule has 10 nitrogen and oxygen atoms in total. The maximum absolute atomic E-state index is 12.7. The summed E-state index contributed by atoms with van der Waals surface area (Å²) in [5.41, 5.74) is 0. The zero-order chi connectivity index (χ0) is 43.3. The van der Waals surface area contributed by atoms with Gasteiger partial charge in [-0.2, -0.15) is 0 Å². The number of ether oxygens (including phenoxy) is 3. The summed E-state index contributed by atoms with van der Waals surface area (Å²) in [6.45, 7) is 4.35. The average molecular weight is 855 g/mol. The van der Waals surface area contributed by atoms with Crippen LogP contribution >= 0.6 is 7.82 Å². The minimum atomic E-state index is -4.39. The minimum Gasteiger partial charge on any atom is -0.462 e. The van der Waals surface area contributed by atoms with Gasteiger partial charge in [-0.25, -0.2) is 4.57 Å². The largest absolute Gasteiger partial charge is 0.472 e. The van der Waals surface area contributed by atoms with E-state index in [-0.39, 0.29) is 32.0 Å². The number of rotatable bonds is 42. The van der Waals surface area contributed by atoms with Crippen molar-refractivity contribution in [3.8, 4) is 0 Å². The Morgan fingerprint density at radius 3 is 1.71 bits per heavy atom. The number of hydrogen-bond acceptors (Lipinski definition) is 8. The van der Waals surface area contributed by atoms with E-state index in [1.807, 2.05) is 21.1 Å². The van der Waals surface area contributed by atoms with E-state index in [0.717, 1.165) is 64.2 Å². The average Bonchev–Trinajstić information content (AvgIpc) is 3.94. The van der Waals surface area contributed by atoms with E-state index in [0.29, 0.717) is 29.7 Å². The molecule has 344 valence electrons. The molecule has 0 bridgehead atoms. The van der Waals surface area contributed by atoms with E-state index in [9.17, 15) is 19.0 Å². The van der Waals surface area contributed by atoms with Gasteiger partial charge in [0.2, 0.25) is 0 Å². The fourth-order valence-corrected chi connectivity index (χ4v) is 7.44. The van der Waals surface area contributed by atoms with Gasteiger partial charge in [0.05, 0.1) is 40.0 Å². The lowest BCUT2D eigenvalue weighted by Crippen LogP contribution is -2.37. The Balaban J connectivity index is 2.24. The monoisotopic (exact) mass is 855 g/mol. The van der Waals surface area contributed by atoms with E-state index < -0.39 is 26.5 Å². The minimum absolute atomic E-state index is 0.0254. The number of epoxide rings is 1. The fraction of sp³-hybridized carbons (Fsp3) is 0.833. The molecular formula is C48H89NO9P+. The van der Waals surface area contributed by atoms with E-state index in [4.69, 9.17) is 23.3 Å². The molecule has 0 radical (unpaired) electrons. The lowest BCUT2D eigenvalue weighted by Gasteiger charge is -2.24. The number of carbonyl (C=O) groups excluding carboxylic acids is 2. The van der Waals surface area contributed by atoms with Crippen molar-refractivity contribution < 1.29 is 46.8 Å². The maximum atomic E-state index is 12.7. The van der Waals surface area contributed by atoms with E-state index >= 15 is 0 Å². The fourth-order valence-electron chi connectivity index (χ4n) is 6.70. The molecular weight excluding hydrogens is 765 g/mol. The summed E-state index contributed by atoms with van der Waals surface area (Å²) in [4.78, 5) is 35.5. The molecule has 0 aliphatic carbocycles. The number of likely N-dealkylation sites (N-methyl/N-ethyl adjacent to an activating group) is 1. The molecule has 1 heterocycles.